The molecule has 0 saturated heterocycles. The Morgan fingerprint density at radius 2 is 1.44 bits per heavy atom. The van der Waals surface area contributed by atoms with Crippen LogP contribution in [0, 0.1) is 11.8 Å². The van der Waals surface area contributed by atoms with E-state index in [1.807, 2.05) is 0 Å². The predicted molar refractivity (Wildman–Crippen MR) is 82.9 cm³/mol. The van der Waals surface area contributed by atoms with Crippen molar-refractivity contribution in [2.24, 2.45) is 17.6 Å². The van der Waals surface area contributed by atoms with Gasteiger partial charge in [-0.1, -0.05) is 46.5 Å². The highest BCUT2D eigenvalue weighted by atomic mass is 14.8. The first-order valence-corrected chi connectivity index (χ1v) is 8.07. The third-order valence-electron chi connectivity index (χ3n) is 3.59. The van der Waals surface area contributed by atoms with E-state index in [9.17, 15) is 0 Å². The zero-order valence-corrected chi connectivity index (χ0v) is 13.0. The van der Waals surface area contributed by atoms with Crippen LogP contribution in [0.2, 0.25) is 0 Å². The minimum atomic E-state index is 0.799. The van der Waals surface area contributed by atoms with Gasteiger partial charge in [0.05, 0.1) is 0 Å². The second-order valence-corrected chi connectivity index (χ2v) is 6.17. The Kier molecular flexibility index (Phi) is 13.3. The van der Waals surface area contributed by atoms with Gasteiger partial charge in [-0.25, -0.2) is 0 Å². The van der Waals surface area contributed by atoms with Crippen LogP contribution in [0.5, 0.6) is 0 Å². The Hall–Kier alpha value is -0.0800. The SMILES string of the molecule is CC(C)CCCCCCNCCCC(C)CCN. The maximum Gasteiger partial charge on any atom is -0.00488 e. The molecule has 1 atom stereocenters. The van der Waals surface area contributed by atoms with Gasteiger partial charge in [-0.2, -0.15) is 0 Å². The number of hydrogen-bond donors (Lipinski definition) is 2. The van der Waals surface area contributed by atoms with E-state index in [2.05, 4.69) is 26.1 Å². The third-order valence-corrected chi connectivity index (χ3v) is 3.59. The van der Waals surface area contributed by atoms with Crippen molar-refractivity contribution in [3.05, 3.63) is 0 Å². The van der Waals surface area contributed by atoms with Crippen LogP contribution >= 0.6 is 0 Å². The maximum absolute atomic E-state index is 5.54. The molecular weight excluding hydrogens is 220 g/mol. The highest BCUT2D eigenvalue weighted by molar-refractivity contribution is 4.56. The topological polar surface area (TPSA) is 38.0 Å². The van der Waals surface area contributed by atoms with Gasteiger partial charge in [0.15, 0.2) is 0 Å². The predicted octanol–water partition coefficient (Wildman–Crippen LogP) is 3.95. The lowest BCUT2D eigenvalue weighted by Crippen LogP contribution is -2.17. The number of nitrogens with two attached hydrogens (primary N) is 1. The molecule has 18 heavy (non-hydrogen) atoms. The molecule has 3 N–H and O–H groups in total. The van der Waals surface area contributed by atoms with Crippen molar-refractivity contribution in [1.29, 1.82) is 0 Å². The van der Waals surface area contributed by atoms with Crippen molar-refractivity contribution in [3.63, 3.8) is 0 Å². The van der Waals surface area contributed by atoms with Gasteiger partial charge in [0.25, 0.3) is 0 Å². The highest BCUT2D eigenvalue weighted by Gasteiger charge is 1.99. The maximum atomic E-state index is 5.54. The van der Waals surface area contributed by atoms with E-state index in [4.69, 9.17) is 5.73 Å². The fourth-order valence-electron chi connectivity index (χ4n) is 2.29. The summed E-state index contributed by atoms with van der Waals surface area (Å²) in [7, 11) is 0. The van der Waals surface area contributed by atoms with E-state index in [0.29, 0.717) is 0 Å². The summed E-state index contributed by atoms with van der Waals surface area (Å²) >= 11 is 0. The molecule has 0 radical (unpaired) electrons. The second-order valence-electron chi connectivity index (χ2n) is 6.17. The lowest BCUT2D eigenvalue weighted by Gasteiger charge is -2.10. The van der Waals surface area contributed by atoms with E-state index >= 15 is 0 Å². The Morgan fingerprint density at radius 1 is 0.778 bits per heavy atom. The molecule has 0 aromatic heterocycles. The molecule has 2 heteroatoms. The third kappa shape index (κ3) is 14.0. The smallest absolute Gasteiger partial charge is 0.00488 e. The minimum Gasteiger partial charge on any atom is -0.330 e. The number of rotatable bonds is 13. The van der Waals surface area contributed by atoms with Gasteiger partial charge in [0.1, 0.15) is 0 Å². The van der Waals surface area contributed by atoms with Crippen LogP contribution < -0.4 is 11.1 Å². The van der Waals surface area contributed by atoms with Gasteiger partial charge < -0.3 is 11.1 Å². The molecule has 2 nitrogen and oxygen atoms in total. The average Bonchev–Trinajstić information content (AvgIpc) is 2.31. The zero-order chi connectivity index (χ0) is 13.6. The molecule has 0 aromatic carbocycles. The fourth-order valence-corrected chi connectivity index (χ4v) is 2.29. The van der Waals surface area contributed by atoms with E-state index in [1.54, 1.807) is 0 Å². The molecule has 0 saturated carbocycles. The molecule has 0 bridgehead atoms. The van der Waals surface area contributed by atoms with Crippen LogP contribution in [-0.4, -0.2) is 19.6 Å². The molecule has 0 aliphatic rings. The molecule has 0 rings (SSSR count). The summed E-state index contributed by atoms with van der Waals surface area (Å²) in [4.78, 5) is 0. The Morgan fingerprint density at radius 3 is 2.11 bits per heavy atom. The average molecular weight is 256 g/mol. The van der Waals surface area contributed by atoms with Crippen molar-refractivity contribution in [1.82, 2.24) is 5.32 Å². The van der Waals surface area contributed by atoms with Crippen LogP contribution in [0.4, 0.5) is 0 Å². The number of unbranched alkanes of at least 4 members (excludes halogenated alkanes) is 3. The van der Waals surface area contributed by atoms with Crippen LogP contribution in [0.3, 0.4) is 0 Å². The standard InChI is InChI=1S/C16H36N2/c1-15(2)9-6-4-5-7-13-18-14-8-10-16(3)11-12-17/h15-16,18H,4-14,17H2,1-3H3. The molecular formula is C16H36N2. The first-order valence-electron chi connectivity index (χ1n) is 8.07. The molecule has 0 aliphatic heterocycles. The van der Waals surface area contributed by atoms with Crippen LogP contribution in [-0.2, 0) is 0 Å². The summed E-state index contributed by atoms with van der Waals surface area (Å²) in [5.41, 5.74) is 5.54. The van der Waals surface area contributed by atoms with Crippen LogP contribution in [0.1, 0.15) is 72.1 Å². The fraction of sp³-hybridized carbons (Fsp3) is 1.00. The lowest BCUT2D eigenvalue weighted by atomic mass is 10.0. The van der Waals surface area contributed by atoms with Gasteiger partial charge in [-0.3, -0.25) is 0 Å². The van der Waals surface area contributed by atoms with Gasteiger partial charge in [0.2, 0.25) is 0 Å². The Balaban J connectivity index is 3.03. The molecule has 0 aliphatic carbocycles. The molecule has 0 aromatic rings. The normalized spacial score (nSPS) is 13.2. The van der Waals surface area contributed by atoms with Gasteiger partial charge >= 0.3 is 0 Å². The summed E-state index contributed by atoms with van der Waals surface area (Å²) in [5.74, 6) is 1.67. The summed E-state index contributed by atoms with van der Waals surface area (Å²) in [6.45, 7) is 10.2. The monoisotopic (exact) mass is 256 g/mol. The first-order chi connectivity index (χ1) is 8.66. The lowest BCUT2D eigenvalue weighted by molar-refractivity contribution is 0.464. The van der Waals surface area contributed by atoms with Crippen molar-refractivity contribution in [2.45, 2.75) is 72.1 Å². The van der Waals surface area contributed by atoms with E-state index < -0.39 is 0 Å². The summed E-state index contributed by atoms with van der Waals surface area (Å²) in [6, 6.07) is 0. The molecule has 110 valence electrons. The van der Waals surface area contributed by atoms with E-state index in [1.165, 1.54) is 64.5 Å². The van der Waals surface area contributed by atoms with Crippen molar-refractivity contribution in [3.8, 4) is 0 Å². The van der Waals surface area contributed by atoms with Crippen molar-refractivity contribution < 1.29 is 0 Å². The quantitative estimate of drug-likeness (QED) is 0.490. The minimum absolute atomic E-state index is 0.799. The van der Waals surface area contributed by atoms with Crippen molar-refractivity contribution in [2.75, 3.05) is 19.6 Å². The number of hydrogen-bond acceptors (Lipinski definition) is 2. The first kappa shape index (κ1) is 17.9. The molecule has 0 heterocycles. The van der Waals surface area contributed by atoms with Gasteiger partial charge in [-0.05, 0) is 57.2 Å². The van der Waals surface area contributed by atoms with Gasteiger partial charge in [0, 0.05) is 0 Å². The van der Waals surface area contributed by atoms with E-state index in [0.717, 1.165) is 18.4 Å². The van der Waals surface area contributed by atoms with Crippen LogP contribution in [0.15, 0.2) is 0 Å². The summed E-state index contributed by atoms with van der Waals surface area (Å²) in [6.07, 6.45) is 10.7. The summed E-state index contributed by atoms with van der Waals surface area (Å²) in [5, 5.41) is 3.55. The van der Waals surface area contributed by atoms with Gasteiger partial charge in [-0.15, -0.1) is 0 Å². The largest absolute Gasteiger partial charge is 0.330 e. The molecule has 1 unspecified atom stereocenters. The van der Waals surface area contributed by atoms with E-state index in [-0.39, 0.29) is 0 Å². The second kappa shape index (κ2) is 13.4. The van der Waals surface area contributed by atoms with Crippen molar-refractivity contribution >= 4 is 0 Å². The summed E-state index contributed by atoms with van der Waals surface area (Å²) < 4.78 is 0. The van der Waals surface area contributed by atoms with Crippen LogP contribution in [0.25, 0.3) is 0 Å². The molecule has 0 amide bonds. The zero-order valence-electron chi connectivity index (χ0n) is 13.0. The molecule has 0 spiro atoms. The highest BCUT2D eigenvalue weighted by Crippen LogP contribution is 2.09. The molecule has 0 fully saturated rings. The Labute approximate surface area is 115 Å². The Bertz CT molecular complexity index is 157. The number of nitrogens with one attached hydrogen (secondary N) is 1.